The highest BCUT2D eigenvalue weighted by Gasteiger charge is 2.31. The van der Waals surface area contributed by atoms with Crippen LogP contribution in [0, 0.1) is 12.3 Å². The molecule has 1 unspecified atom stereocenters. The van der Waals surface area contributed by atoms with Crippen LogP contribution in [0.25, 0.3) is 0 Å². The molecule has 7 nitrogen and oxygen atoms in total. The van der Waals surface area contributed by atoms with Gasteiger partial charge >= 0.3 is 0 Å². The van der Waals surface area contributed by atoms with Gasteiger partial charge in [-0.25, -0.2) is 8.42 Å². The number of nitrogens with zero attached hydrogens (tertiary/aromatic N) is 1. The summed E-state index contributed by atoms with van der Waals surface area (Å²) in [4.78, 5) is 24.7. The van der Waals surface area contributed by atoms with Crippen LogP contribution in [0.4, 0.5) is 5.69 Å². The van der Waals surface area contributed by atoms with Gasteiger partial charge in [0.15, 0.2) is 0 Å². The minimum atomic E-state index is -3.69. The van der Waals surface area contributed by atoms with E-state index in [2.05, 4.69) is 16.6 Å². The summed E-state index contributed by atoms with van der Waals surface area (Å²) in [5.41, 5.74) is 1.33. The summed E-state index contributed by atoms with van der Waals surface area (Å²) >= 11 is 0. The van der Waals surface area contributed by atoms with Crippen LogP contribution in [-0.2, 0) is 14.8 Å². The number of carbonyl (C=O) groups excluding carboxylic acids is 2. The quantitative estimate of drug-likeness (QED) is 0.677. The maximum Gasteiger partial charge on any atom is 0.251 e. The molecule has 2 aromatic rings. The van der Waals surface area contributed by atoms with Gasteiger partial charge < -0.3 is 10.6 Å². The van der Waals surface area contributed by atoms with E-state index >= 15 is 0 Å². The number of carbonyl (C=O) groups is 2. The Kier molecular flexibility index (Phi) is 7.10. The summed E-state index contributed by atoms with van der Waals surface area (Å²) in [7, 11) is -3.69. The zero-order valence-corrected chi connectivity index (χ0v) is 18.1. The second-order valence-corrected chi connectivity index (χ2v) is 9.33. The minimum Gasteiger partial charge on any atom is -0.343 e. The fraction of sp³-hybridized carbons (Fsp3) is 0.304. The Bertz CT molecular complexity index is 1120. The summed E-state index contributed by atoms with van der Waals surface area (Å²) in [5, 5.41) is 5.17. The van der Waals surface area contributed by atoms with Gasteiger partial charge in [0.05, 0.1) is 11.4 Å². The smallest absolute Gasteiger partial charge is 0.251 e. The monoisotopic (exact) mass is 439 g/mol. The van der Waals surface area contributed by atoms with Crippen molar-refractivity contribution in [1.29, 1.82) is 0 Å². The zero-order chi connectivity index (χ0) is 22.4. The van der Waals surface area contributed by atoms with Crippen LogP contribution < -0.4 is 10.6 Å². The SMILES string of the molecule is C#Cc1cccc(NC(=O)CNC(=O)c2cccc(S(=O)(=O)N3CCCCC3C)c2)c1. The summed E-state index contributed by atoms with van der Waals surface area (Å²) in [6, 6.07) is 12.6. The Morgan fingerprint density at radius 1 is 1.16 bits per heavy atom. The van der Waals surface area contributed by atoms with Crippen LogP contribution in [0.15, 0.2) is 53.4 Å². The number of sulfonamides is 1. The first-order chi connectivity index (χ1) is 14.8. The fourth-order valence-electron chi connectivity index (χ4n) is 3.52. The van der Waals surface area contributed by atoms with Crippen LogP contribution in [0.1, 0.15) is 42.1 Å². The normalized spacial score (nSPS) is 16.8. The van der Waals surface area contributed by atoms with E-state index in [1.807, 2.05) is 6.92 Å². The van der Waals surface area contributed by atoms with Crippen LogP contribution in [-0.4, -0.2) is 43.7 Å². The van der Waals surface area contributed by atoms with Gasteiger partial charge in [-0.1, -0.05) is 24.5 Å². The molecule has 0 aliphatic carbocycles. The van der Waals surface area contributed by atoms with Gasteiger partial charge in [-0.05, 0) is 56.2 Å². The van der Waals surface area contributed by atoms with Crippen molar-refractivity contribution in [2.75, 3.05) is 18.4 Å². The molecule has 8 heteroatoms. The van der Waals surface area contributed by atoms with Crippen molar-refractivity contribution < 1.29 is 18.0 Å². The average Bonchev–Trinajstić information content (AvgIpc) is 2.78. The molecule has 1 aliphatic heterocycles. The lowest BCUT2D eigenvalue weighted by Crippen LogP contribution is -2.42. The predicted molar refractivity (Wildman–Crippen MR) is 119 cm³/mol. The molecular formula is C23H25N3O4S. The highest BCUT2D eigenvalue weighted by molar-refractivity contribution is 7.89. The van der Waals surface area contributed by atoms with Crippen molar-refractivity contribution in [3.8, 4) is 12.3 Å². The van der Waals surface area contributed by atoms with Crippen LogP contribution in [0.5, 0.6) is 0 Å². The molecule has 1 aliphatic rings. The van der Waals surface area contributed by atoms with E-state index in [0.717, 1.165) is 19.3 Å². The van der Waals surface area contributed by atoms with Gasteiger partial charge in [0.2, 0.25) is 15.9 Å². The molecule has 2 aromatic carbocycles. The molecular weight excluding hydrogens is 414 g/mol. The first-order valence-corrected chi connectivity index (χ1v) is 11.5. The van der Waals surface area contributed by atoms with E-state index in [1.54, 1.807) is 24.3 Å². The molecule has 162 valence electrons. The molecule has 2 amide bonds. The Labute approximate surface area is 182 Å². The van der Waals surface area contributed by atoms with Crippen molar-refractivity contribution in [2.45, 2.75) is 37.1 Å². The molecule has 0 saturated carbocycles. The zero-order valence-electron chi connectivity index (χ0n) is 17.3. The molecule has 0 spiro atoms. The lowest BCUT2D eigenvalue weighted by molar-refractivity contribution is -0.115. The highest BCUT2D eigenvalue weighted by Crippen LogP contribution is 2.25. The lowest BCUT2D eigenvalue weighted by atomic mass is 10.1. The van der Waals surface area contributed by atoms with Crippen molar-refractivity contribution in [2.24, 2.45) is 0 Å². The van der Waals surface area contributed by atoms with Gasteiger partial charge in [0, 0.05) is 29.4 Å². The third kappa shape index (κ3) is 5.51. The number of nitrogens with one attached hydrogen (secondary N) is 2. The number of anilines is 1. The number of hydrogen-bond donors (Lipinski definition) is 2. The van der Waals surface area contributed by atoms with Crippen molar-refractivity contribution in [3.63, 3.8) is 0 Å². The van der Waals surface area contributed by atoms with E-state index in [4.69, 9.17) is 6.42 Å². The number of terminal acetylenes is 1. The lowest BCUT2D eigenvalue weighted by Gasteiger charge is -2.32. The Balaban J connectivity index is 1.64. The summed E-state index contributed by atoms with van der Waals surface area (Å²) in [6.45, 7) is 2.10. The minimum absolute atomic E-state index is 0.0736. The average molecular weight is 440 g/mol. The van der Waals surface area contributed by atoms with Gasteiger partial charge in [-0.15, -0.1) is 6.42 Å². The molecule has 3 rings (SSSR count). The Hall–Kier alpha value is -3.15. The van der Waals surface area contributed by atoms with Crippen LogP contribution >= 0.6 is 0 Å². The first-order valence-electron chi connectivity index (χ1n) is 10.1. The maximum absolute atomic E-state index is 13.0. The molecule has 0 bridgehead atoms. The van der Waals surface area contributed by atoms with E-state index in [1.165, 1.54) is 28.6 Å². The molecule has 0 aromatic heterocycles. The summed E-state index contributed by atoms with van der Waals surface area (Å²) in [6.07, 6.45) is 7.99. The van der Waals surface area contributed by atoms with Crippen LogP contribution in [0.3, 0.4) is 0 Å². The van der Waals surface area contributed by atoms with Gasteiger partial charge in [0.1, 0.15) is 0 Å². The molecule has 1 fully saturated rings. The van der Waals surface area contributed by atoms with E-state index < -0.39 is 21.8 Å². The third-order valence-electron chi connectivity index (χ3n) is 5.17. The second kappa shape index (κ2) is 9.77. The predicted octanol–water partition coefficient (Wildman–Crippen LogP) is 2.60. The van der Waals surface area contributed by atoms with Crippen molar-refractivity contribution in [1.82, 2.24) is 9.62 Å². The molecule has 1 atom stereocenters. The van der Waals surface area contributed by atoms with Gasteiger partial charge in [-0.2, -0.15) is 4.31 Å². The number of amides is 2. The molecule has 0 radical (unpaired) electrons. The number of rotatable bonds is 6. The van der Waals surface area contributed by atoms with Gasteiger partial charge in [-0.3, -0.25) is 9.59 Å². The molecule has 31 heavy (non-hydrogen) atoms. The second-order valence-electron chi connectivity index (χ2n) is 7.44. The van der Waals surface area contributed by atoms with E-state index in [9.17, 15) is 18.0 Å². The van der Waals surface area contributed by atoms with E-state index in [0.29, 0.717) is 17.8 Å². The van der Waals surface area contributed by atoms with Crippen molar-refractivity contribution >= 4 is 27.5 Å². The number of piperidine rings is 1. The van der Waals surface area contributed by atoms with Gasteiger partial charge in [0.25, 0.3) is 5.91 Å². The number of hydrogen-bond acceptors (Lipinski definition) is 4. The molecule has 1 heterocycles. The van der Waals surface area contributed by atoms with Crippen molar-refractivity contribution in [3.05, 3.63) is 59.7 Å². The fourth-order valence-corrected chi connectivity index (χ4v) is 5.26. The first kappa shape index (κ1) is 22.5. The Morgan fingerprint density at radius 3 is 2.68 bits per heavy atom. The Morgan fingerprint density at radius 2 is 1.94 bits per heavy atom. The maximum atomic E-state index is 13.0. The van der Waals surface area contributed by atoms with E-state index in [-0.39, 0.29) is 23.0 Å². The summed E-state index contributed by atoms with van der Waals surface area (Å²) in [5.74, 6) is 1.53. The highest BCUT2D eigenvalue weighted by atomic mass is 32.2. The third-order valence-corrected chi connectivity index (χ3v) is 7.18. The molecule has 2 N–H and O–H groups in total. The largest absolute Gasteiger partial charge is 0.343 e. The standard InChI is InChI=1S/C23H25N3O4S/c1-3-18-9-6-11-20(14-18)25-22(27)16-24-23(28)19-10-7-12-21(15-19)31(29,30)26-13-5-4-8-17(26)2/h1,6-7,9-12,14-15,17H,4-5,8,13,16H2,2H3,(H,24,28)(H,25,27). The van der Waals surface area contributed by atoms with Crippen LogP contribution in [0.2, 0.25) is 0 Å². The number of benzene rings is 2. The molecule has 1 saturated heterocycles. The summed E-state index contributed by atoms with van der Waals surface area (Å²) < 4.78 is 27.5. The topological polar surface area (TPSA) is 95.6 Å².